The maximum Gasteiger partial charge on any atom is 0.0377 e. The molecule has 1 aliphatic heterocycles. The molecule has 1 heterocycles. The fraction of sp³-hybridized carbons (Fsp3) is 0.667. The van der Waals surface area contributed by atoms with Gasteiger partial charge < -0.3 is 5.32 Å². The second-order valence-corrected chi connectivity index (χ2v) is 6.59. The summed E-state index contributed by atoms with van der Waals surface area (Å²) in [5, 5.41) is 3.66. The van der Waals surface area contributed by atoms with Crippen molar-refractivity contribution in [3.63, 3.8) is 0 Å². The predicted molar refractivity (Wildman–Crippen MR) is 82.6 cm³/mol. The highest BCUT2D eigenvalue weighted by Gasteiger charge is 2.35. The lowest BCUT2D eigenvalue weighted by Gasteiger charge is -2.41. The quantitative estimate of drug-likeness (QED) is 0.768. The van der Waals surface area contributed by atoms with E-state index >= 15 is 0 Å². The molecule has 104 valence electrons. The van der Waals surface area contributed by atoms with Gasteiger partial charge in [0.15, 0.2) is 0 Å². The van der Waals surface area contributed by atoms with E-state index in [0.717, 1.165) is 17.8 Å². The van der Waals surface area contributed by atoms with Crippen LogP contribution in [0.1, 0.15) is 63.9 Å². The van der Waals surface area contributed by atoms with Crippen molar-refractivity contribution in [2.45, 2.75) is 64.3 Å². The van der Waals surface area contributed by atoms with Crippen molar-refractivity contribution in [2.75, 3.05) is 5.32 Å². The van der Waals surface area contributed by atoms with E-state index in [1.165, 1.54) is 44.2 Å². The molecule has 2 aliphatic rings. The molecule has 1 aliphatic carbocycles. The molecule has 1 saturated carbocycles. The number of fused-ring (bicyclic) bond motifs is 1. The van der Waals surface area contributed by atoms with E-state index in [-0.39, 0.29) is 0 Å². The lowest BCUT2D eigenvalue weighted by molar-refractivity contribution is 0.184. The Kier molecular flexibility index (Phi) is 3.81. The summed E-state index contributed by atoms with van der Waals surface area (Å²) in [5.41, 5.74) is 2.98. The highest BCUT2D eigenvalue weighted by molar-refractivity contribution is 5.55. The van der Waals surface area contributed by atoms with E-state index in [1.54, 1.807) is 5.56 Å². The molecule has 1 aromatic rings. The Balaban J connectivity index is 1.91. The number of benzene rings is 1. The molecule has 1 aromatic carbocycles. The van der Waals surface area contributed by atoms with Gasteiger partial charge in [-0.05, 0) is 49.1 Å². The molecule has 4 unspecified atom stereocenters. The standard InChI is InChI=1S/C18H27N/c1-3-14-8-4-5-9-15(14)17-12-13(2)19-18-11-7-6-10-16(17)18/h6-7,10-11,13-15,17,19H,3-5,8-9,12H2,1-2H3. The van der Waals surface area contributed by atoms with Crippen LogP contribution in [0.2, 0.25) is 0 Å². The largest absolute Gasteiger partial charge is 0.382 e. The van der Waals surface area contributed by atoms with Gasteiger partial charge in [-0.15, -0.1) is 0 Å². The van der Waals surface area contributed by atoms with Crippen molar-refractivity contribution in [3.05, 3.63) is 29.8 Å². The van der Waals surface area contributed by atoms with Crippen molar-refractivity contribution in [2.24, 2.45) is 11.8 Å². The number of nitrogens with one attached hydrogen (secondary N) is 1. The molecule has 0 spiro atoms. The van der Waals surface area contributed by atoms with Crippen molar-refractivity contribution in [1.82, 2.24) is 0 Å². The topological polar surface area (TPSA) is 12.0 Å². The molecule has 3 rings (SSSR count). The van der Waals surface area contributed by atoms with Crippen LogP contribution in [0.4, 0.5) is 5.69 Å². The van der Waals surface area contributed by atoms with Crippen molar-refractivity contribution < 1.29 is 0 Å². The molecule has 1 fully saturated rings. The highest BCUT2D eigenvalue weighted by Crippen LogP contribution is 2.47. The summed E-state index contributed by atoms with van der Waals surface area (Å²) in [4.78, 5) is 0. The fourth-order valence-corrected chi connectivity index (χ4v) is 4.46. The van der Waals surface area contributed by atoms with Gasteiger partial charge in [-0.3, -0.25) is 0 Å². The zero-order valence-corrected chi connectivity index (χ0v) is 12.4. The Morgan fingerprint density at radius 1 is 1.16 bits per heavy atom. The number of hydrogen-bond acceptors (Lipinski definition) is 1. The normalized spacial score (nSPS) is 34.4. The molecule has 0 radical (unpaired) electrons. The van der Waals surface area contributed by atoms with Crippen molar-refractivity contribution in [3.8, 4) is 0 Å². The van der Waals surface area contributed by atoms with Crippen LogP contribution in [0.25, 0.3) is 0 Å². The number of rotatable bonds is 2. The summed E-state index contributed by atoms with van der Waals surface area (Å²) >= 11 is 0. The first kappa shape index (κ1) is 13.0. The van der Waals surface area contributed by atoms with Gasteiger partial charge in [0.2, 0.25) is 0 Å². The molecule has 1 nitrogen and oxygen atoms in total. The monoisotopic (exact) mass is 257 g/mol. The second-order valence-electron chi connectivity index (χ2n) is 6.59. The third kappa shape index (κ3) is 2.52. The zero-order chi connectivity index (χ0) is 13.2. The minimum atomic E-state index is 0.624. The van der Waals surface area contributed by atoms with Crippen molar-refractivity contribution >= 4 is 5.69 Å². The summed E-state index contributed by atoms with van der Waals surface area (Å²) in [6.07, 6.45) is 8.49. The molecule has 4 atom stereocenters. The fourth-order valence-electron chi connectivity index (χ4n) is 4.46. The first-order valence-corrected chi connectivity index (χ1v) is 8.15. The van der Waals surface area contributed by atoms with E-state index < -0.39 is 0 Å². The average Bonchev–Trinajstić information content (AvgIpc) is 2.46. The van der Waals surface area contributed by atoms with Gasteiger partial charge in [-0.1, -0.05) is 50.8 Å². The molecule has 0 aromatic heterocycles. The summed E-state index contributed by atoms with van der Waals surface area (Å²) < 4.78 is 0. The summed E-state index contributed by atoms with van der Waals surface area (Å²) in [5.74, 6) is 2.67. The Morgan fingerprint density at radius 3 is 2.79 bits per heavy atom. The van der Waals surface area contributed by atoms with E-state index in [0.29, 0.717) is 6.04 Å². The van der Waals surface area contributed by atoms with Gasteiger partial charge in [-0.25, -0.2) is 0 Å². The van der Waals surface area contributed by atoms with Crippen LogP contribution in [0.3, 0.4) is 0 Å². The summed E-state index contributed by atoms with van der Waals surface area (Å²) in [6, 6.07) is 9.63. The molecule has 19 heavy (non-hydrogen) atoms. The molecule has 0 saturated heterocycles. The molecule has 1 N–H and O–H groups in total. The first-order chi connectivity index (χ1) is 9.29. The Bertz CT molecular complexity index is 425. The van der Waals surface area contributed by atoms with E-state index in [2.05, 4.69) is 43.4 Å². The van der Waals surface area contributed by atoms with Gasteiger partial charge in [0.1, 0.15) is 0 Å². The summed E-state index contributed by atoms with van der Waals surface area (Å²) in [6.45, 7) is 4.73. The molecular formula is C18H27N. The zero-order valence-electron chi connectivity index (χ0n) is 12.4. The number of para-hydroxylation sites is 1. The lowest BCUT2D eigenvalue weighted by atomic mass is 9.66. The van der Waals surface area contributed by atoms with Gasteiger partial charge in [0.05, 0.1) is 0 Å². The van der Waals surface area contributed by atoms with Crippen molar-refractivity contribution in [1.29, 1.82) is 0 Å². The SMILES string of the molecule is CCC1CCCCC1C1CC(C)Nc2ccccc21. The minimum Gasteiger partial charge on any atom is -0.382 e. The minimum absolute atomic E-state index is 0.624. The van der Waals surface area contributed by atoms with Crippen LogP contribution < -0.4 is 5.32 Å². The molecule has 0 bridgehead atoms. The first-order valence-electron chi connectivity index (χ1n) is 8.15. The number of hydrogen-bond donors (Lipinski definition) is 1. The van der Waals surface area contributed by atoms with Crippen LogP contribution in [0, 0.1) is 11.8 Å². The van der Waals surface area contributed by atoms with Crippen LogP contribution >= 0.6 is 0 Å². The maximum atomic E-state index is 3.66. The van der Waals surface area contributed by atoms with Crippen LogP contribution in [-0.4, -0.2) is 6.04 Å². The van der Waals surface area contributed by atoms with E-state index in [1.807, 2.05) is 0 Å². The average molecular weight is 257 g/mol. The maximum absolute atomic E-state index is 3.66. The van der Waals surface area contributed by atoms with E-state index in [4.69, 9.17) is 0 Å². The Hall–Kier alpha value is -0.980. The van der Waals surface area contributed by atoms with Crippen LogP contribution in [-0.2, 0) is 0 Å². The molecule has 1 heteroatoms. The predicted octanol–water partition coefficient (Wildman–Crippen LogP) is 5.19. The summed E-state index contributed by atoms with van der Waals surface area (Å²) in [7, 11) is 0. The molecule has 0 amide bonds. The van der Waals surface area contributed by atoms with Gasteiger partial charge in [-0.2, -0.15) is 0 Å². The van der Waals surface area contributed by atoms with Gasteiger partial charge >= 0.3 is 0 Å². The second kappa shape index (κ2) is 5.56. The third-order valence-corrected chi connectivity index (χ3v) is 5.38. The van der Waals surface area contributed by atoms with Crippen LogP contribution in [0.15, 0.2) is 24.3 Å². The highest BCUT2D eigenvalue weighted by atomic mass is 14.9. The van der Waals surface area contributed by atoms with E-state index in [9.17, 15) is 0 Å². The lowest BCUT2D eigenvalue weighted by Crippen LogP contribution is -2.33. The Labute approximate surface area is 117 Å². The Morgan fingerprint density at radius 2 is 1.95 bits per heavy atom. The van der Waals surface area contributed by atoms with Crippen LogP contribution in [0.5, 0.6) is 0 Å². The third-order valence-electron chi connectivity index (χ3n) is 5.38. The smallest absolute Gasteiger partial charge is 0.0377 e. The number of anilines is 1. The molecular weight excluding hydrogens is 230 g/mol. The van der Waals surface area contributed by atoms with Gasteiger partial charge in [0, 0.05) is 11.7 Å². The van der Waals surface area contributed by atoms with Gasteiger partial charge in [0.25, 0.3) is 0 Å².